The monoisotopic (exact) mass is 391 g/mol. The third kappa shape index (κ3) is 4.93. The number of hydrogen-bond acceptors (Lipinski definition) is 5. The van der Waals surface area contributed by atoms with E-state index in [0.717, 1.165) is 5.56 Å². The van der Waals surface area contributed by atoms with Crippen molar-refractivity contribution >= 4 is 17.6 Å². The Labute approximate surface area is 169 Å². The Morgan fingerprint density at radius 2 is 1.48 bits per heavy atom. The molecule has 148 valence electrons. The van der Waals surface area contributed by atoms with Crippen LogP contribution in [0.2, 0.25) is 0 Å². The van der Waals surface area contributed by atoms with Gasteiger partial charge in [0.1, 0.15) is 6.61 Å². The van der Waals surface area contributed by atoms with Crippen LogP contribution in [0.15, 0.2) is 72.8 Å². The van der Waals surface area contributed by atoms with Crippen LogP contribution in [-0.4, -0.2) is 26.1 Å². The Kier molecular flexibility index (Phi) is 6.47. The SMILES string of the molecule is COC(=O)c1ccccc1NC(=O)c1ccc(COc2ccccc2OC)cc1. The molecule has 0 aliphatic heterocycles. The summed E-state index contributed by atoms with van der Waals surface area (Å²) in [5, 5.41) is 2.75. The minimum Gasteiger partial charge on any atom is -0.493 e. The molecule has 0 aliphatic rings. The van der Waals surface area contributed by atoms with Gasteiger partial charge >= 0.3 is 5.97 Å². The van der Waals surface area contributed by atoms with Crippen molar-refractivity contribution in [2.24, 2.45) is 0 Å². The van der Waals surface area contributed by atoms with Crippen LogP contribution in [0.3, 0.4) is 0 Å². The lowest BCUT2D eigenvalue weighted by Gasteiger charge is -2.11. The quantitative estimate of drug-likeness (QED) is 0.608. The zero-order valence-electron chi connectivity index (χ0n) is 16.2. The number of methoxy groups -OCH3 is 2. The van der Waals surface area contributed by atoms with E-state index in [4.69, 9.17) is 14.2 Å². The molecule has 0 aromatic heterocycles. The molecule has 3 aromatic carbocycles. The van der Waals surface area contributed by atoms with E-state index in [1.54, 1.807) is 43.5 Å². The number of benzene rings is 3. The average Bonchev–Trinajstić information content (AvgIpc) is 2.78. The molecule has 0 aliphatic carbocycles. The number of anilines is 1. The smallest absolute Gasteiger partial charge is 0.339 e. The van der Waals surface area contributed by atoms with Crippen molar-refractivity contribution < 1.29 is 23.8 Å². The Hall–Kier alpha value is -3.80. The second-order valence-corrected chi connectivity index (χ2v) is 6.13. The molecule has 0 heterocycles. The molecule has 0 bridgehead atoms. The fraction of sp³-hybridized carbons (Fsp3) is 0.130. The van der Waals surface area contributed by atoms with Crippen molar-refractivity contribution in [3.05, 3.63) is 89.5 Å². The van der Waals surface area contributed by atoms with Gasteiger partial charge < -0.3 is 19.5 Å². The molecule has 0 spiro atoms. The van der Waals surface area contributed by atoms with Gasteiger partial charge in [-0.05, 0) is 42.0 Å². The van der Waals surface area contributed by atoms with Gasteiger partial charge in [-0.1, -0.05) is 36.4 Å². The molecular weight excluding hydrogens is 370 g/mol. The van der Waals surface area contributed by atoms with Gasteiger partial charge in [-0.2, -0.15) is 0 Å². The molecule has 0 unspecified atom stereocenters. The summed E-state index contributed by atoms with van der Waals surface area (Å²) in [6, 6.07) is 21.1. The third-order valence-corrected chi connectivity index (χ3v) is 4.26. The molecule has 0 atom stereocenters. The van der Waals surface area contributed by atoms with Crippen LogP contribution < -0.4 is 14.8 Å². The maximum Gasteiger partial charge on any atom is 0.339 e. The van der Waals surface area contributed by atoms with Crippen molar-refractivity contribution in [2.75, 3.05) is 19.5 Å². The molecule has 29 heavy (non-hydrogen) atoms. The fourth-order valence-corrected chi connectivity index (χ4v) is 2.73. The summed E-state index contributed by atoms with van der Waals surface area (Å²) in [5.41, 5.74) is 2.06. The van der Waals surface area contributed by atoms with Gasteiger partial charge in [0.05, 0.1) is 25.5 Å². The van der Waals surface area contributed by atoms with Gasteiger partial charge in [-0.3, -0.25) is 4.79 Å². The van der Waals surface area contributed by atoms with Crippen LogP contribution in [-0.2, 0) is 11.3 Å². The van der Waals surface area contributed by atoms with Crippen molar-refractivity contribution in [1.29, 1.82) is 0 Å². The van der Waals surface area contributed by atoms with Gasteiger partial charge in [0, 0.05) is 5.56 Å². The van der Waals surface area contributed by atoms with Gasteiger partial charge in [0.25, 0.3) is 5.91 Å². The van der Waals surface area contributed by atoms with Crippen LogP contribution in [0.25, 0.3) is 0 Å². The minimum atomic E-state index is -0.510. The summed E-state index contributed by atoms with van der Waals surface area (Å²) in [4.78, 5) is 24.4. The van der Waals surface area contributed by atoms with Crippen molar-refractivity contribution in [3.63, 3.8) is 0 Å². The van der Waals surface area contributed by atoms with E-state index in [2.05, 4.69) is 5.32 Å². The predicted octanol–water partition coefficient (Wildman–Crippen LogP) is 4.31. The van der Waals surface area contributed by atoms with E-state index in [0.29, 0.717) is 34.9 Å². The molecule has 3 aromatic rings. The summed E-state index contributed by atoms with van der Waals surface area (Å²) >= 11 is 0. The first-order valence-corrected chi connectivity index (χ1v) is 8.96. The van der Waals surface area contributed by atoms with Gasteiger partial charge in [0.15, 0.2) is 11.5 Å². The van der Waals surface area contributed by atoms with Crippen LogP contribution in [0.5, 0.6) is 11.5 Å². The van der Waals surface area contributed by atoms with E-state index in [1.165, 1.54) is 7.11 Å². The lowest BCUT2D eigenvalue weighted by atomic mass is 10.1. The lowest BCUT2D eigenvalue weighted by Crippen LogP contribution is -2.15. The molecule has 0 saturated carbocycles. The molecule has 6 heteroatoms. The topological polar surface area (TPSA) is 73.9 Å². The highest BCUT2D eigenvalue weighted by atomic mass is 16.5. The predicted molar refractivity (Wildman–Crippen MR) is 110 cm³/mol. The molecule has 6 nitrogen and oxygen atoms in total. The minimum absolute atomic E-state index is 0.296. The van der Waals surface area contributed by atoms with E-state index in [-0.39, 0.29) is 5.91 Å². The molecule has 3 rings (SSSR count). The molecule has 0 radical (unpaired) electrons. The molecule has 1 amide bonds. The van der Waals surface area contributed by atoms with E-state index < -0.39 is 5.97 Å². The lowest BCUT2D eigenvalue weighted by molar-refractivity contribution is 0.0602. The third-order valence-electron chi connectivity index (χ3n) is 4.26. The van der Waals surface area contributed by atoms with Crippen molar-refractivity contribution in [2.45, 2.75) is 6.61 Å². The second-order valence-electron chi connectivity index (χ2n) is 6.13. The highest BCUT2D eigenvalue weighted by Gasteiger charge is 2.14. The summed E-state index contributed by atoms with van der Waals surface area (Å²) in [5.74, 6) is 0.479. The summed E-state index contributed by atoms with van der Waals surface area (Å²) in [7, 11) is 2.89. The number of amides is 1. The molecule has 0 fully saturated rings. The molecule has 0 saturated heterocycles. The van der Waals surface area contributed by atoms with Gasteiger partial charge in [-0.15, -0.1) is 0 Å². The Balaban J connectivity index is 1.66. The number of esters is 1. The summed E-state index contributed by atoms with van der Waals surface area (Å²) in [6.45, 7) is 0.341. The maximum atomic E-state index is 12.5. The molecule has 1 N–H and O–H groups in total. The highest BCUT2D eigenvalue weighted by Crippen LogP contribution is 2.26. The number of carbonyl (C=O) groups excluding carboxylic acids is 2. The summed E-state index contributed by atoms with van der Waals surface area (Å²) < 4.78 is 15.8. The highest BCUT2D eigenvalue weighted by molar-refractivity contribution is 6.08. The number of ether oxygens (including phenoxy) is 3. The Bertz CT molecular complexity index is 998. The fourth-order valence-electron chi connectivity index (χ4n) is 2.73. The Morgan fingerprint density at radius 3 is 2.17 bits per heavy atom. The first-order valence-electron chi connectivity index (χ1n) is 8.96. The molecular formula is C23H21NO5. The number of para-hydroxylation sites is 3. The second kappa shape index (κ2) is 9.41. The van der Waals surface area contributed by atoms with Gasteiger partial charge in [-0.25, -0.2) is 4.79 Å². The van der Waals surface area contributed by atoms with Crippen molar-refractivity contribution in [3.8, 4) is 11.5 Å². The van der Waals surface area contributed by atoms with Gasteiger partial charge in [0.2, 0.25) is 0 Å². The number of hydrogen-bond donors (Lipinski definition) is 1. The first-order chi connectivity index (χ1) is 14.1. The normalized spacial score (nSPS) is 10.1. The van der Waals surface area contributed by atoms with Crippen LogP contribution in [0, 0.1) is 0 Å². The Morgan fingerprint density at radius 1 is 0.828 bits per heavy atom. The number of nitrogens with one attached hydrogen (secondary N) is 1. The zero-order valence-corrected chi connectivity index (χ0v) is 16.2. The van der Waals surface area contributed by atoms with Crippen LogP contribution in [0.1, 0.15) is 26.3 Å². The van der Waals surface area contributed by atoms with E-state index in [1.807, 2.05) is 36.4 Å². The number of rotatable bonds is 7. The number of carbonyl (C=O) groups is 2. The van der Waals surface area contributed by atoms with E-state index in [9.17, 15) is 9.59 Å². The summed E-state index contributed by atoms with van der Waals surface area (Å²) in [6.07, 6.45) is 0. The largest absolute Gasteiger partial charge is 0.493 e. The standard InChI is InChI=1S/C23H21NO5/c1-27-20-9-5-6-10-21(20)29-15-16-11-13-17(14-12-16)22(25)24-19-8-4-3-7-18(19)23(26)28-2/h3-14H,15H2,1-2H3,(H,24,25). The first kappa shape index (κ1) is 19.9. The average molecular weight is 391 g/mol. The van der Waals surface area contributed by atoms with E-state index >= 15 is 0 Å². The maximum absolute atomic E-state index is 12.5. The zero-order chi connectivity index (χ0) is 20.6. The van der Waals surface area contributed by atoms with Crippen molar-refractivity contribution in [1.82, 2.24) is 0 Å². The van der Waals surface area contributed by atoms with Crippen LogP contribution in [0.4, 0.5) is 5.69 Å². The van der Waals surface area contributed by atoms with Crippen LogP contribution >= 0.6 is 0 Å².